The maximum absolute atomic E-state index is 5.26. The average molecular weight is 269 g/mol. The van der Waals surface area contributed by atoms with E-state index in [1.165, 1.54) is 12.8 Å². The number of aromatic nitrogens is 2. The molecule has 1 aromatic heterocycles. The SMILES string of the molecule is CNc1cc(-c2ccc(OC)cc2C)nc(C2CC2)n1. The molecule has 0 radical (unpaired) electrons. The number of aryl methyl sites for hydroxylation is 1. The van der Waals surface area contributed by atoms with Crippen molar-refractivity contribution in [1.29, 1.82) is 0 Å². The lowest BCUT2D eigenvalue weighted by Gasteiger charge is -2.10. The summed E-state index contributed by atoms with van der Waals surface area (Å²) in [4.78, 5) is 9.29. The molecule has 0 bridgehead atoms. The minimum absolute atomic E-state index is 0.542. The van der Waals surface area contributed by atoms with Crippen LogP contribution in [0.3, 0.4) is 0 Å². The lowest BCUT2D eigenvalue weighted by atomic mass is 10.0. The highest BCUT2D eigenvalue weighted by Crippen LogP contribution is 2.39. The van der Waals surface area contributed by atoms with E-state index in [-0.39, 0.29) is 0 Å². The molecule has 1 saturated carbocycles. The molecule has 1 fully saturated rings. The third-order valence-corrected chi connectivity index (χ3v) is 3.65. The van der Waals surface area contributed by atoms with Crippen LogP contribution in [0.15, 0.2) is 24.3 Å². The van der Waals surface area contributed by atoms with E-state index in [4.69, 9.17) is 9.72 Å². The van der Waals surface area contributed by atoms with E-state index in [1.807, 2.05) is 25.2 Å². The Hall–Kier alpha value is -2.10. The van der Waals surface area contributed by atoms with Gasteiger partial charge in [-0.25, -0.2) is 9.97 Å². The summed E-state index contributed by atoms with van der Waals surface area (Å²) in [5, 5.41) is 3.13. The normalized spacial score (nSPS) is 14.2. The Balaban J connectivity index is 2.06. The van der Waals surface area contributed by atoms with Crippen LogP contribution in [0.25, 0.3) is 11.3 Å². The third kappa shape index (κ3) is 2.46. The summed E-state index contributed by atoms with van der Waals surface area (Å²) in [7, 11) is 3.58. The maximum atomic E-state index is 5.26. The zero-order valence-electron chi connectivity index (χ0n) is 12.1. The molecule has 104 valence electrons. The summed E-state index contributed by atoms with van der Waals surface area (Å²) in [5.74, 6) is 3.26. The van der Waals surface area contributed by atoms with E-state index in [2.05, 4.69) is 23.3 Å². The van der Waals surface area contributed by atoms with Gasteiger partial charge in [0.1, 0.15) is 17.4 Å². The Labute approximate surface area is 119 Å². The Morgan fingerprint density at radius 2 is 2.00 bits per heavy atom. The summed E-state index contributed by atoms with van der Waals surface area (Å²) in [6.07, 6.45) is 2.41. The van der Waals surface area contributed by atoms with Gasteiger partial charge in [0.2, 0.25) is 0 Å². The van der Waals surface area contributed by atoms with Gasteiger partial charge in [-0.3, -0.25) is 0 Å². The first-order valence-corrected chi connectivity index (χ1v) is 6.93. The van der Waals surface area contributed by atoms with Crippen LogP contribution in [0.1, 0.15) is 30.1 Å². The number of ether oxygens (including phenoxy) is 1. The summed E-state index contributed by atoms with van der Waals surface area (Å²) in [6, 6.07) is 8.07. The minimum atomic E-state index is 0.542. The van der Waals surface area contributed by atoms with E-state index >= 15 is 0 Å². The smallest absolute Gasteiger partial charge is 0.134 e. The Bertz CT molecular complexity index is 636. The monoisotopic (exact) mass is 269 g/mol. The molecule has 1 aromatic carbocycles. The molecule has 1 heterocycles. The van der Waals surface area contributed by atoms with Crippen LogP contribution in [0.4, 0.5) is 5.82 Å². The van der Waals surface area contributed by atoms with Crippen LogP contribution >= 0.6 is 0 Å². The molecule has 0 spiro atoms. The first kappa shape index (κ1) is 12.9. The van der Waals surface area contributed by atoms with Crippen LogP contribution in [0.2, 0.25) is 0 Å². The van der Waals surface area contributed by atoms with Gasteiger partial charge in [-0.15, -0.1) is 0 Å². The van der Waals surface area contributed by atoms with Crippen molar-refractivity contribution in [2.24, 2.45) is 0 Å². The van der Waals surface area contributed by atoms with E-state index in [1.54, 1.807) is 7.11 Å². The summed E-state index contributed by atoms with van der Waals surface area (Å²) < 4.78 is 5.26. The van der Waals surface area contributed by atoms with E-state index in [9.17, 15) is 0 Å². The van der Waals surface area contributed by atoms with Gasteiger partial charge in [0, 0.05) is 24.6 Å². The molecule has 0 unspecified atom stereocenters. The number of benzene rings is 1. The highest BCUT2D eigenvalue weighted by atomic mass is 16.5. The molecular formula is C16H19N3O. The van der Waals surface area contributed by atoms with E-state index in [0.29, 0.717) is 5.92 Å². The van der Waals surface area contributed by atoms with Gasteiger partial charge in [-0.1, -0.05) is 0 Å². The number of nitrogens with one attached hydrogen (secondary N) is 1. The molecule has 0 aliphatic heterocycles. The average Bonchev–Trinajstić information content (AvgIpc) is 3.31. The van der Waals surface area contributed by atoms with Gasteiger partial charge >= 0.3 is 0 Å². The summed E-state index contributed by atoms with van der Waals surface area (Å²) >= 11 is 0. The summed E-state index contributed by atoms with van der Waals surface area (Å²) in [5.41, 5.74) is 3.27. The van der Waals surface area contributed by atoms with Gasteiger partial charge in [0.05, 0.1) is 12.8 Å². The number of rotatable bonds is 4. The molecule has 20 heavy (non-hydrogen) atoms. The van der Waals surface area contributed by atoms with Crippen molar-refractivity contribution in [3.63, 3.8) is 0 Å². The second-order valence-corrected chi connectivity index (χ2v) is 5.20. The molecule has 4 nitrogen and oxygen atoms in total. The minimum Gasteiger partial charge on any atom is -0.497 e. The van der Waals surface area contributed by atoms with Crippen LogP contribution in [0, 0.1) is 6.92 Å². The van der Waals surface area contributed by atoms with Gasteiger partial charge in [-0.2, -0.15) is 0 Å². The first-order chi connectivity index (χ1) is 9.71. The second kappa shape index (κ2) is 5.12. The highest BCUT2D eigenvalue weighted by Gasteiger charge is 2.27. The Morgan fingerprint density at radius 3 is 2.60 bits per heavy atom. The Kier molecular flexibility index (Phi) is 3.30. The standard InChI is InChI=1S/C16H19N3O/c1-10-8-12(20-3)6-7-13(10)14-9-15(17-2)19-16(18-14)11-4-5-11/h6-9,11H,4-5H2,1-3H3,(H,17,18,19). The lowest BCUT2D eigenvalue weighted by Crippen LogP contribution is -2.01. The fraction of sp³-hybridized carbons (Fsp3) is 0.375. The number of methoxy groups -OCH3 is 1. The summed E-state index contributed by atoms with van der Waals surface area (Å²) in [6.45, 7) is 2.08. The van der Waals surface area contributed by atoms with Gasteiger partial charge < -0.3 is 10.1 Å². The van der Waals surface area contributed by atoms with Crippen molar-refractivity contribution in [2.45, 2.75) is 25.7 Å². The van der Waals surface area contributed by atoms with E-state index in [0.717, 1.165) is 34.2 Å². The first-order valence-electron chi connectivity index (χ1n) is 6.93. The number of hydrogen-bond donors (Lipinski definition) is 1. The van der Waals surface area contributed by atoms with Crippen molar-refractivity contribution in [2.75, 3.05) is 19.5 Å². The molecule has 1 aliphatic rings. The number of hydrogen-bond acceptors (Lipinski definition) is 4. The fourth-order valence-corrected chi connectivity index (χ4v) is 2.31. The largest absolute Gasteiger partial charge is 0.497 e. The molecule has 1 N–H and O–H groups in total. The van der Waals surface area contributed by atoms with Crippen molar-refractivity contribution in [3.05, 3.63) is 35.7 Å². The van der Waals surface area contributed by atoms with Gasteiger partial charge in [0.15, 0.2) is 0 Å². The van der Waals surface area contributed by atoms with Crippen LogP contribution in [-0.4, -0.2) is 24.1 Å². The molecule has 0 amide bonds. The zero-order chi connectivity index (χ0) is 14.1. The van der Waals surface area contributed by atoms with Crippen molar-refractivity contribution in [1.82, 2.24) is 9.97 Å². The predicted molar refractivity (Wildman–Crippen MR) is 80.3 cm³/mol. The number of anilines is 1. The Morgan fingerprint density at radius 1 is 1.20 bits per heavy atom. The highest BCUT2D eigenvalue weighted by molar-refractivity contribution is 5.67. The molecule has 2 aromatic rings. The topological polar surface area (TPSA) is 47.0 Å². The maximum Gasteiger partial charge on any atom is 0.134 e. The van der Waals surface area contributed by atoms with Crippen LogP contribution < -0.4 is 10.1 Å². The molecule has 1 aliphatic carbocycles. The van der Waals surface area contributed by atoms with Crippen molar-refractivity contribution in [3.8, 4) is 17.0 Å². The predicted octanol–water partition coefficient (Wildman–Crippen LogP) is 3.38. The van der Waals surface area contributed by atoms with E-state index < -0.39 is 0 Å². The molecule has 3 rings (SSSR count). The molecule has 4 heteroatoms. The zero-order valence-corrected chi connectivity index (χ0v) is 12.1. The molecule has 0 atom stereocenters. The lowest BCUT2D eigenvalue weighted by molar-refractivity contribution is 0.414. The van der Waals surface area contributed by atoms with Gasteiger partial charge in [-0.05, 0) is 43.5 Å². The van der Waals surface area contributed by atoms with Crippen molar-refractivity contribution < 1.29 is 4.74 Å². The molecular weight excluding hydrogens is 250 g/mol. The number of nitrogens with zero attached hydrogens (tertiary/aromatic N) is 2. The quantitative estimate of drug-likeness (QED) is 0.924. The second-order valence-electron chi connectivity index (χ2n) is 5.20. The fourth-order valence-electron chi connectivity index (χ4n) is 2.31. The van der Waals surface area contributed by atoms with Crippen LogP contribution in [-0.2, 0) is 0 Å². The third-order valence-electron chi connectivity index (χ3n) is 3.65. The van der Waals surface area contributed by atoms with Crippen LogP contribution in [0.5, 0.6) is 5.75 Å². The van der Waals surface area contributed by atoms with Gasteiger partial charge in [0.25, 0.3) is 0 Å². The molecule has 0 saturated heterocycles. The van der Waals surface area contributed by atoms with Crippen molar-refractivity contribution >= 4 is 5.82 Å².